The van der Waals surface area contributed by atoms with Crippen LogP contribution in [0.1, 0.15) is 44.1 Å². The van der Waals surface area contributed by atoms with Gasteiger partial charge in [0.2, 0.25) is 0 Å². The van der Waals surface area contributed by atoms with E-state index in [4.69, 9.17) is 17.3 Å². The molecular weight excluding hydrogens is 268 g/mol. The van der Waals surface area contributed by atoms with Crippen molar-refractivity contribution >= 4 is 11.6 Å². The minimum Gasteiger partial charge on any atom is -0.330 e. The van der Waals surface area contributed by atoms with E-state index in [0.717, 1.165) is 25.8 Å². The van der Waals surface area contributed by atoms with Gasteiger partial charge in [0.15, 0.2) is 0 Å². The summed E-state index contributed by atoms with van der Waals surface area (Å²) in [4.78, 5) is 2.67. The number of hydrogen-bond acceptors (Lipinski definition) is 2. The zero-order valence-electron chi connectivity index (χ0n) is 12.4. The van der Waals surface area contributed by atoms with Gasteiger partial charge < -0.3 is 5.73 Å². The van der Waals surface area contributed by atoms with Crippen LogP contribution in [0.15, 0.2) is 30.3 Å². The first-order chi connectivity index (χ1) is 9.83. The number of piperidine rings is 1. The van der Waals surface area contributed by atoms with Crippen molar-refractivity contribution in [3.63, 3.8) is 0 Å². The van der Waals surface area contributed by atoms with Gasteiger partial charge in [-0.2, -0.15) is 0 Å². The van der Waals surface area contributed by atoms with Crippen molar-refractivity contribution in [3.05, 3.63) is 35.9 Å². The maximum atomic E-state index is 6.18. The second-order valence-electron chi connectivity index (χ2n) is 5.78. The Morgan fingerprint density at radius 3 is 2.35 bits per heavy atom. The molecule has 1 unspecified atom stereocenters. The van der Waals surface area contributed by atoms with E-state index in [9.17, 15) is 0 Å². The summed E-state index contributed by atoms with van der Waals surface area (Å²) in [5.74, 6) is 0.704. The van der Waals surface area contributed by atoms with Crippen LogP contribution in [0, 0.1) is 0 Å². The van der Waals surface area contributed by atoms with E-state index >= 15 is 0 Å². The van der Waals surface area contributed by atoms with Gasteiger partial charge in [0.1, 0.15) is 0 Å². The maximum Gasteiger partial charge on any atom is 0.0472 e. The highest BCUT2D eigenvalue weighted by Gasteiger charge is 2.37. The highest BCUT2D eigenvalue weighted by atomic mass is 35.5. The van der Waals surface area contributed by atoms with Crippen molar-refractivity contribution in [2.75, 3.05) is 25.5 Å². The third-order valence-corrected chi connectivity index (χ3v) is 4.76. The molecule has 112 valence electrons. The molecule has 0 aliphatic carbocycles. The van der Waals surface area contributed by atoms with Crippen LogP contribution in [0.5, 0.6) is 0 Å². The van der Waals surface area contributed by atoms with Gasteiger partial charge in [0, 0.05) is 11.4 Å². The fourth-order valence-electron chi connectivity index (χ4n) is 3.53. The van der Waals surface area contributed by atoms with Gasteiger partial charge in [0.05, 0.1) is 0 Å². The number of rotatable bonds is 7. The molecule has 20 heavy (non-hydrogen) atoms. The highest BCUT2D eigenvalue weighted by molar-refractivity contribution is 6.17. The Bertz CT molecular complexity index is 376. The van der Waals surface area contributed by atoms with E-state index in [1.54, 1.807) is 0 Å². The molecule has 0 spiro atoms. The third-order valence-electron chi connectivity index (χ3n) is 4.58. The predicted molar refractivity (Wildman–Crippen MR) is 87.2 cm³/mol. The lowest BCUT2D eigenvalue weighted by Crippen LogP contribution is -2.49. The number of hydrogen-bond donors (Lipinski definition) is 1. The Balaban J connectivity index is 2.32. The van der Waals surface area contributed by atoms with E-state index in [0.29, 0.717) is 5.88 Å². The van der Waals surface area contributed by atoms with E-state index in [1.165, 1.54) is 37.9 Å². The monoisotopic (exact) mass is 294 g/mol. The Labute approximate surface area is 128 Å². The molecule has 0 saturated carbocycles. The number of benzene rings is 1. The van der Waals surface area contributed by atoms with Gasteiger partial charge in [-0.3, -0.25) is 4.90 Å². The van der Waals surface area contributed by atoms with Gasteiger partial charge in [-0.15, -0.1) is 11.6 Å². The molecule has 1 fully saturated rings. The summed E-state index contributed by atoms with van der Waals surface area (Å²) < 4.78 is 0. The molecule has 2 rings (SSSR count). The zero-order chi connectivity index (χ0) is 14.3. The Morgan fingerprint density at radius 2 is 1.75 bits per heavy atom. The SMILES string of the molecule is NCCCC(CCCl)(c1ccccc1)N1CCCCC1. The molecular formula is C17H27ClN2. The van der Waals surface area contributed by atoms with Gasteiger partial charge in [-0.1, -0.05) is 36.8 Å². The van der Waals surface area contributed by atoms with Gasteiger partial charge in [-0.05, 0) is 57.3 Å². The highest BCUT2D eigenvalue weighted by Crippen LogP contribution is 2.38. The molecule has 0 aromatic heterocycles. The zero-order valence-corrected chi connectivity index (χ0v) is 13.1. The Hall–Kier alpha value is -0.570. The van der Waals surface area contributed by atoms with Crippen LogP contribution in [0.2, 0.25) is 0 Å². The Morgan fingerprint density at radius 1 is 1.05 bits per heavy atom. The van der Waals surface area contributed by atoms with Crippen molar-refractivity contribution in [1.29, 1.82) is 0 Å². The van der Waals surface area contributed by atoms with Crippen molar-refractivity contribution in [2.45, 2.75) is 44.1 Å². The first-order valence-corrected chi connectivity index (χ1v) is 8.43. The number of likely N-dealkylation sites (tertiary alicyclic amines) is 1. The molecule has 1 aliphatic heterocycles. The van der Waals surface area contributed by atoms with Crippen molar-refractivity contribution in [2.24, 2.45) is 5.73 Å². The first-order valence-electron chi connectivity index (χ1n) is 7.90. The fraction of sp³-hybridized carbons (Fsp3) is 0.647. The molecule has 1 aliphatic rings. The summed E-state index contributed by atoms with van der Waals surface area (Å²) in [6.45, 7) is 3.14. The molecule has 1 aromatic carbocycles. The largest absolute Gasteiger partial charge is 0.330 e. The quantitative estimate of drug-likeness (QED) is 0.776. The van der Waals surface area contributed by atoms with Crippen molar-refractivity contribution in [1.82, 2.24) is 4.90 Å². The number of halogens is 1. The molecule has 1 saturated heterocycles. The molecule has 2 N–H and O–H groups in total. The number of nitrogens with two attached hydrogens (primary N) is 1. The molecule has 0 radical (unpaired) electrons. The predicted octanol–water partition coefficient (Wildman–Crippen LogP) is 3.74. The normalized spacial score (nSPS) is 19.7. The summed E-state index contributed by atoms with van der Waals surface area (Å²) in [5, 5.41) is 0. The van der Waals surface area contributed by atoms with Crippen LogP contribution < -0.4 is 5.73 Å². The summed E-state index contributed by atoms with van der Waals surface area (Å²) in [6.07, 6.45) is 7.15. The molecule has 1 atom stereocenters. The molecule has 1 heterocycles. The van der Waals surface area contributed by atoms with Crippen LogP contribution in [-0.4, -0.2) is 30.4 Å². The molecule has 2 nitrogen and oxygen atoms in total. The summed E-state index contributed by atoms with van der Waals surface area (Å²) in [6, 6.07) is 10.9. The van der Waals surface area contributed by atoms with Crippen molar-refractivity contribution in [3.8, 4) is 0 Å². The standard InChI is InChI=1S/C17H27ClN2/c18-12-11-17(10-7-13-19,16-8-3-1-4-9-16)20-14-5-2-6-15-20/h1,3-4,8-9H,2,5-7,10-15,19H2. The van der Waals surface area contributed by atoms with Gasteiger partial charge in [-0.25, -0.2) is 0 Å². The summed E-state index contributed by atoms with van der Waals surface area (Å²) in [5.41, 5.74) is 7.29. The van der Waals surface area contributed by atoms with Crippen LogP contribution in [0.4, 0.5) is 0 Å². The molecule has 0 amide bonds. The molecule has 1 aromatic rings. The summed E-state index contributed by atoms with van der Waals surface area (Å²) in [7, 11) is 0. The minimum absolute atomic E-state index is 0.0861. The average molecular weight is 295 g/mol. The van der Waals surface area contributed by atoms with Crippen LogP contribution in [0.25, 0.3) is 0 Å². The molecule has 0 bridgehead atoms. The fourth-order valence-corrected chi connectivity index (χ4v) is 3.85. The van der Waals surface area contributed by atoms with E-state index < -0.39 is 0 Å². The van der Waals surface area contributed by atoms with Crippen LogP contribution in [-0.2, 0) is 5.54 Å². The van der Waals surface area contributed by atoms with Crippen LogP contribution in [0.3, 0.4) is 0 Å². The van der Waals surface area contributed by atoms with Crippen molar-refractivity contribution < 1.29 is 0 Å². The van der Waals surface area contributed by atoms with E-state index in [-0.39, 0.29) is 5.54 Å². The lowest BCUT2D eigenvalue weighted by atomic mass is 9.80. The smallest absolute Gasteiger partial charge is 0.0472 e. The lowest BCUT2D eigenvalue weighted by Gasteiger charge is -2.46. The average Bonchev–Trinajstić information content (AvgIpc) is 2.53. The minimum atomic E-state index is 0.0861. The second kappa shape index (κ2) is 8.02. The molecule has 3 heteroatoms. The number of nitrogens with zero attached hydrogens (tertiary/aromatic N) is 1. The lowest BCUT2D eigenvalue weighted by molar-refractivity contribution is 0.0508. The van der Waals surface area contributed by atoms with E-state index in [2.05, 4.69) is 35.2 Å². The number of alkyl halides is 1. The topological polar surface area (TPSA) is 29.3 Å². The van der Waals surface area contributed by atoms with Gasteiger partial charge >= 0.3 is 0 Å². The first kappa shape index (κ1) is 15.8. The second-order valence-corrected chi connectivity index (χ2v) is 6.15. The maximum absolute atomic E-state index is 6.18. The van der Waals surface area contributed by atoms with Gasteiger partial charge in [0.25, 0.3) is 0 Å². The van der Waals surface area contributed by atoms with E-state index in [1.807, 2.05) is 0 Å². The van der Waals surface area contributed by atoms with Crippen LogP contribution >= 0.6 is 11.6 Å². The third kappa shape index (κ3) is 3.55. The summed E-state index contributed by atoms with van der Waals surface area (Å²) >= 11 is 6.18. The Kier molecular flexibility index (Phi) is 6.34.